The molecule has 0 aromatic heterocycles. The van der Waals surface area contributed by atoms with E-state index in [4.69, 9.17) is 5.26 Å². The SMILES string of the molecule is N#Cc1ccc(S(=O)(=O)CCNC2CCCNC2=O)cc1. The summed E-state index contributed by atoms with van der Waals surface area (Å²) in [6.07, 6.45) is 1.62. The van der Waals surface area contributed by atoms with Gasteiger partial charge in [0, 0.05) is 13.1 Å². The Morgan fingerprint density at radius 2 is 2.05 bits per heavy atom. The minimum absolute atomic E-state index is 0.0722. The van der Waals surface area contributed by atoms with E-state index in [2.05, 4.69) is 10.6 Å². The van der Waals surface area contributed by atoms with Crippen LogP contribution in [0.2, 0.25) is 0 Å². The van der Waals surface area contributed by atoms with Gasteiger partial charge < -0.3 is 10.6 Å². The molecule has 1 saturated heterocycles. The van der Waals surface area contributed by atoms with Gasteiger partial charge in [0.15, 0.2) is 9.84 Å². The average molecular weight is 307 g/mol. The van der Waals surface area contributed by atoms with Crippen molar-refractivity contribution in [1.29, 1.82) is 5.26 Å². The van der Waals surface area contributed by atoms with Crippen LogP contribution >= 0.6 is 0 Å². The third-order valence-electron chi connectivity index (χ3n) is 3.39. The summed E-state index contributed by atoms with van der Waals surface area (Å²) in [6.45, 7) is 0.904. The summed E-state index contributed by atoms with van der Waals surface area (Å²) < 4.78 is 24.3. The van der Waals surface area contributed by atoms with Crippen molar-refractivity contribution in [3.63, 3.8) is 0 Å². The molecule has 2 rings (SSSR count). The average Bonchev–Trinajstić information content (AvgIpc) is 2.49. The van der Waals surface area contributed by atoms with Crippen LogP contribution < -0.4 is 10.6 Å². The molecule has 0 spiro atoms. The Morgan fingerprint density at radius 3 is 2.67 bits per heavy atom. The highest BCUT2D eigenvalue weighted by molar-refractivity contribution is 7.91. The molecule has 1 fully saturated rings. The normalized spacial score (nSPS) is 18.8. The van der Waals surface area contributed by atoms with E-state index < -0.39 is 9.84 Å². The molecule has 1 aromatic carbocycles. The molecule has 21 heavy (non-hydrogen) atoms. The third kappa shape index (κ3) is 4.03. The Labute approximate surface area is 124 Å². The van der Waals surface area contributed by atoms with Crippen LogP contribution in [0.15, 0.2) is 29.2 Å². The Kier molecular flexibility index (Phi) is 4.94. The second-order valence-corrected chi connectivity index (χ2v) is 7.00. The topological polar surface area (TPSA) is 99.1 Å². The maximum Gasteiger partial charge on any atom is 0.237 e. The highest BCUT2D eigenvalue weighted by Gasteiger charge is 2.22. The minimum Gasteiger partial charge on any atom is -0.355 e. The number of nitrogens with zero attached hydrogens (tertiary/aromatic N) is 1. The number of piperidine rings is 1. The molecule has 0 radical (unpaired) electrons. The van der Waals surface area contributed by atoms with Gasteiger partial charge in [-0.2, -0.15) is 5.26 Å². The predicted molar refractivity (Wildman–Crippen MR) is 77.2 cm³/mol. The zero-order valence-electron chi connectivity index (χ0n) is 11.5. The maximum atomic E-state index is 12.1. The molecule has 0 saturated carbocycles. The smallest absolute Gasteiger partial charge is 0.237 e. The fourth-order valence-corrected chi connectivity index (χ4v) is 3.36. The number of carbonyl (C=O) groups excluding carboxylic acids is 1. The molecule has 1 aliphatic rings. The zero-order valence-corrected chi connectivity index (χ0v) is 12.3. The van der Waals surface area contributed by atoms with Gasteiger partial charge in [-0.15, -0.1) is 0 Å². The molecule has 7 heteroatoms. The fraction of sp³-hybridized carbons (Fsp3) is 0.429. The second kappa shape index (κ2) is 6.70. The van der Waals surface area contributed by atoms with Gasteiger partial charge in [0.1, 0.15) is 0 Å². The quantitative estimate of drug-likeness (QED) is 0.809. The van der Waals surface area contributed by atoms with E-state index in [1.807, 2.05) is 6.07 Å². The Balaban J connectivity index is 1.91. The van der Waals surface area contributed by atoms with E-state index >= 15 is 0 Å². The van der Waals surface area contributed by atoms with Crippen LogP contribution in [0.25, 0.3) is 0 Å². The summed E-state index contributed by atoms with van der Waals surface area (Å²) in [5, 5.41) is 14.4. The van der Waals surface area contributed by atoms with Crippen molar-refractivity contribution in [3.8, 4) is 6.07 Å². The number of benzene rings is 1. The number of amides is 1. The first-order chi connectivity index (χ1) is 10.0. The Morgan fingerprint density at radius 1 is 1.33 bits per heavy atom. The van der Waals surface area contributed by atoms with E-state index in [0.717, 1.165) is 12.8 Å². The lowest BCUT2D eigenvalue weighted by atomic mass is 10.1. The minimum atomic E-state index is -3.41. The van der Waals surface area contributed by atoms with Gasteiger partial charge >= 0.3 is 0 Å². The number of nitrogens with one attached hydrogen (secondary N) is 2. The molecule has 1 amide bonds. The first-order valence-corrected chi connectivity index (χ1v) is 8.42. The standard InChI is InChI=1S/C14H17N3O3S/c15-10-11-3-5-12(6-4-11)21(19,20)9-8-16-13-2-1-7-17-14(13)18/h3-6,13,16H,1-2,7-9H2,(H,17,18). The van der Waals surface area contributed by atoms with E-state index in [9.17, 15) is 13.2 Å². The van der Waals surface area contributed by atoms with Crippen LogP contribution in [-0.4, -0.2) is 39.2 Å². The first kappa shape index (κ1) is 15.5. The van der Waals surface area contributed by atoms with Crippen LogP contribution in [0.3, 0.4) is 0 Å². The molecule has 1 unspecified atom stereocenters. The van der Waals surface area contributed by atoms with Crippen molar-refractivity contribution in [2.24, 2.45) is 0 Å². The van der Waals surface area contributed by atoms with Crippen molar-refractivity contribution in [2.75, 3.05) is 18.8 Å². The molecule has 6 nitrogen and oxygen atoms in total. The highest BCUT2D eigenvalue weighted by Crippen LogP contribution is 2.12. The molecule has 0 aliphatic carbocycles. The first-order valence-electron chi connectivity index (χ1n) is 6.77. The lowest BCUT2D eigenvalue weighted by molar-refractivity contribution is -0.124. The van der Waals surface area contributed by atoms with Crippen LogP contribution in [0.1, 0.15) is 18.4 Å². The zero-order chi connectivity index (χ0) is 15.3. The number of carbonyl (C=O) groups is 1. The van der Waals surface area contributed by atoms with Crippen molar-refractivity contribution in [3.05, 3.63) is 29.8 Å². The number of hydrogen-bond donors (Lipinski definition) is 2. The largest absolute Gasteiger partial charge is 0.355 e. The fourth-order valence-electron chi connectivity index (χ4n) is 2.19. The molecule has 112 valence electrons. The lowest BCUT2D eigenvalue weighted by Gasteiger charge is -2.22. The second-order valence-electron chi connectivity index (χ2n) is 4.90. The van der Waals surface area contributed by atoms with Crippen LogP contribution in [0.4, 0.5) is 0 Å². The summed E-state index contributed by atoms with van der Waals surface area (Å²) in [5.41, 5.74) is 0.422. The van der Waals surface area contributed by atoms with Crippen molar-refractivity contribution in [1.82, 2.24) is 10.6 Å². The molecular weight excluding hydrogens is 290 g/mol. The number of nitriles is 1. The third-order valence-corrected chi connectivity index (χ3v) is 5.12. The summed E-state index contributed by atoms with van der Waals surface area (Å²) in [4.78, 5) is 11.7. The van der Waals surface area contributed by atoms with Crippen LogP contribution in [-0.2, 0) is 14.6 Å². The molecule has 1 aliphatic heterocycles. The van der Waals surface area contributed by atoms with E-state index in [0.29, 0.717) is 12.1 Å². The van der Waals surface area contributed by atoms with E-state index in [1.54, 1.807) is 0 Å². The monoisotopic (exact) mass is 307 g/mol. The van der Waals surface area contributed by atoms with Gasteiger partial charge in [-0.25, -0.2) is 8.42 Å². The molecule has 1 atom stereocenters. The van der Waals surface area contributed by atoms with Gasteiger partial charge in [-0.3, -0.25) is 4.79 Å². The highest BCUT2D eigenvalue weighted by atomic mass is 32.2. The summed E-state index contributed by atoms with van der Waals surface area (Å²) in [7, 11) is -3.41. The summed E-state index contributed by atoms with van der Waals surface area (Å²) in [5.74, 6) is -0.153. The Bertz CT molecular complexity index is 647. The van der Waals surface area contributed by atoms with Gasteiger partial charge in [-0.1, -0.05) is 0 Å². The van der Waals surface area contributed by atoms with Crippen LogP contribution in [0.5, 0.6) is 0 Å². The molecule has 0 bridgehead atoms. The van der Waals surface area contributed by atoms with Gasteiger partial charge in [-0.05, 0) is 37.1 Å². The molecule has 1 heterocycles. The predicted octanol–water partition coefficient (Wildman–Crippen LogP) is 0.200. The number of rotatable bonds is 5. The maximum absolute atomic E-state index is 12.1. The van der Waals surface area contributed by atoms with Gasteiger partial charge in [0.25, 0.3) is 0 Å². The van der Waals surface area contributed by atoms with Crippen molar-refractivity contribution >= 4 is 15.7 Å². The molecular formula is C14H17N3O3S. The van der Waals surface area contributed by atoms with E-state index in [1.165, 1.54) is 24.3 Å². The van der Waals surface area contributed by atoms with Crippen LogP contribution in [0, 0.1) is 11.3 Å². The molecule has 1 aromatic rings. The van der Waals surface area contributed by atoms with Gasteiger partial charge in [0.05, 0.1) is 28.3 Å². The van der Waals surface area contributed by atoms with Crippen molar-refractivity contribution < 1.29 is 13.2 Å². The summed E-state index contributed by atoms with van der Waals surface area (Å²) >= 11 is 0. The number of sulfone groups is 1. The Hall–Kier alpha value is -1.91. The van der Waals surface area contributed by atoms with E-state index in [-0.39, 0.29) is 29.1 Å². The van der Waals surface area contributed by atoms with Gasteiger partial charge in [0.2, 0.25) is 5.91 Å². The number of hydrogen-bond acceptors (Lipinski definition) is 5. The molecule has 2 N–H and O–H groups in total. The van der Waals surface area contributed by atoms with Crippen molar-refractivity contribution in [2.45, 2.75) is 23.8 Å². The summed E-state index contributed by atoms with van der Waals surface area (Å²) in [6, 6.07) is 7.46. The lowest BCUT2D eigenvalue weighted by Crippen LogP contribution is -2.49.